The summed E-state index contributed by atoms with van der Waals surface area (Å²) in [5.74, 6) is -0.172. The summed E-state index contributed by atoms with van der Waals surface area (Å²) in [6.07, 6.45) is 4.35. The van der Waals surface area contributed by atoms with Gasteiger partial charge in [0, 0.05) is 29.7 Å². The lowest BCUT2D eigenvalue weighted by Gasteiger charge is -2.32. The first-order valence-electron chi connectivity index (χ1n) is 10.7. The molecule has 1 aliphatic rings. The smallest absolute Gasteiger partial charge is 0.255 e. The van der Waals surface area contributed by atoms with E-state index in [2.05, 4.69) is 10.3 Å². The van der Waals surface area contributed by atoms with Crippen LogP contribution < -0.4 is 10.1 Å². The van der Waals surface area contributed by atoms with Crippen LogP contribution in [-0.2, 0) is 10.0 Å². The number of piperidine rings is 1. The van der Waals surface area contributed by atoms with Gasteiger partial charge < -0.3 is 10.1 Å². The highest BCUT2D eigenvalue weighted by Crippen LogP contribution is 2.32. The molecule has 1 N–H and O–H groups in total. The van der Waals surface area contributed by atoms with Gasteiger partial charge in [-0.05, 0) is 68.7 Å². The third-order valence-corrected chi connectivity index (χ3v) is 8.01. The molecule has 8 heteroatoms. The van der Waals surface area contributed by atoms with Gasteiger partial charge in [-0.1, -0.05) is 12.5 Å². The van der Waals surface area contributed by atoms with Crippen molar-refractivity contribution in [2.24, 2.45) is 0 Å². The van der Waals surface area contributed by atoms with E-state index in [1.54, 1.807) is 12.3 Å². The molecule has 0 aliphatic carbocycles. The molecular formula is C24H27N3O4S. The summed E-state index contributed by atoms with van der Waals surface area (Å²) in [6, 6.07) is 11.8. The second-order valence-corrected chi connectivity index (χ2v) is 9.97. The fourth-order valence-corrected chi connectivity index (χ4v) is 6.07. The highest BCUT2D eigenvalue weighted by Gasteiger charge is 2.33. The Bertz CT molecular complexity index is 1270. The first-order chi connectivity index (χ1) is 15.3. The summed E-state index contributed by atoms with van der Waals surface area (Å²) in [6.45, 7) is 4.34. The summed E-state index contributed by atoms with van der Waals surface area (Å²) < 4.78 is 33.7. The van der Waals surface area contributed by atoms with Crippen LogP contribution >= 0.6 is 0 Å². The number of hydrogen-bond donors (Lipinski definition) is 1. The van der Waals surface area contributed by atoms with Crippen LogP contribution in [0.5, 0.6) is 5.75 Å². The number of nitrogens with zero attached hydrogens (tertiary/aromatic N) is 2. The Morgan fingerprint density at radius 3 is 2.75 bits per heavy atom. The molecule has 1 saturated heterocycles. The van der Waals surface area contributed by atoms with Gasteiger partial charge in [-0.3, -0.25) is 9.78 Å². The summed E-state index contributed by atoms with van der Waals surface area (Å²) in [5.41, 5.74) is 2.68. The average molecular weight is 454 g/mol. The second-order valence-electron chi connectivity index (χ2n) is 8.11. The Kier molecular flexibility index (Phi) is 6.17. The third-order valence-electron chi connectivity index (χ3n) is 5.97. The summed E-state index contributed by atoms with van der Waals surface area (Å²) in [7, 11) is -2.38. The van der Waals surface area contributed by atoms with E-state index < -0.39 is 15.9 Å². The van der Waals surface area contributed by atoms with Crippen molar-refractivity contribution < 1.29 is 17.9 Å². The SMILES string of the molecule is COc1ccc(C(=O)Nc2ccc(C)c3ncccc23)cc1S(=O)(=O)N1CCCCC1C. The molecule has 0 saturated carbocycles. The van der Waals surface area contributed by atoms with E-state index in [1.807, 2.05) is 38.1 Å². The highest BCUT2D eigenvalue weighted by molar-refractivity contribution is 7.89. The number of carbonyl (C=O) groups is 1. The number of anilines is 1. The molecule has 1 amide bonds. The molecule has 0 spiro atoms. The van der Waals surface area contributed by atoms with Gasteiger partial charge in [0.2, 0.25) is 10.0 Å². The van der Waals surface area contributed by atoms with Crippen molar-refractivity contribution in [3.63, 3.8) is 0 Å². The molecule has 1 fully saturated rings. The quantitative estimate of drug-likeness (QED) is 0.620. The molecule has 1 aromatic heterocycles. The summed E-state index contributed by atoms with van der Waals surface area (Å²) in [5, 5.41) is 3.73. The maximum absolute atomic E-state index is 13.4. The predicted octanol–water partition coefficient (Wildman–Crippen LogP) is 4.37. The highest BCUT2D eigenvalue weighted by atomic mass is 32.2. The van der Waals surface area contributed by atoms with E-state index in [0.717, 1.165) is 35.7 Å². The number of aromatic nitrogens is 1. The van der Waals surface area contributed by atoms with Crippen LogP contribution in [0, 0.1) is 6.92 Å². The number of amides is 1. The minimum absolute atomic E-state index is 0.0110. The number of nitrogens with one attached hydrogen (secondary N) is 1. The first kappa shape index (κ1) is 22.2. The molecule has 1 unspecified atom stereocenters. The lowest BCUT2D eigenvalue weighted by molar-refractivity contribution is 0.102. The van der Waals surface area contributed by atoms with E-state index in [4.69, 9.17) is 4.74 Å². The van der Waals surface area contributed by atoms with Gasteiger partial charge >= 0.3 is 0 Å². The standard InChI is InChI=1S/C24H27N3O4S/c1-16-9-11-20(19-8-6-13-25-23(16)19)26-24(28)18-10-12-21(31-3)22(15-18)32(29,30)27-14-5-4-7-17(27)2/h6,8-13,15,17H,4-5,7,14H2,1-3H3,(H,26,28). The minimum atomic E-state index is -3.80. The van der Waals surface area contributed by atoms with Gasteiger partial charge in [-0.15, -0.1) is 0 Å². The van der Waals surface area contributed by atoms with E-state index in [9.17, 15) is 13.2 Å². The van der Waals surface area contributed by atoms with Crippen molar-refractivity contribution >= 4 is 32.5 Å². The van der Waals surface area contributed by atoms with Gasteiger partial charge in [0.25, 0.3) is 5.91 Å². The zero-order chi connectivity index (χ0) is 22.9. The number of fused-ring (bicyclic) bond motifs is 1. The average Bonchev–Trinajstić information content (AvgIpc) is 2.80. The maximum atomic E-state index is 13.4. The zero-order valence-electron chi connectivity index (χ0n) is 18.5. The van der Waals surface area contributed by atoms with E-state index in [-0.39, 0.29) is 22.3 Å². The van der Waals surface area contributed by atoms with Crippen molar-refractivity contribution in [2.45, 2.75) is 44.0 Å². The van der Waals surface area contributed by atoms with Crippen LogP contribution in [0.3, 0.4) is 0 Å². The third kappa shape index (κ3) is 4.08. The molecule has 168 valence electrons. The molecule has 2 aromatic carbocycles. The molecule has 7 nitrogen and oxygen atoms in total. The van der Waals surface area contributed by atoms with Crippen molar-refractivity contribution in [2.75, 3.05) is 19.0 Å². The number of rotatable bonds is 5. The molecule has 32 heavy (non-hydrogen) atoms. The topological polar surface area (TPSA) is 88.6 Å². The number of ether oxygens (including phenoxy) is 1. The van der Waals surface area contributed by atoms with Crippen molar-refractivity contribution in [3.05, 3.63) is 59.8 Å². The molecule has 0 radical (unpaired) electrons. The number of hydrogen-bond acceptors (Lipinski definition) is 5. The Hall–Kier alpha value is -2.97. The van der Waals surface area contributed by atoms with E-state index in [0.29, 0.717) is 12.2 Å². The van der Waals surface area contributed by atoms with Gasteiger partial charge in [-0.2, -0.15) is 4.31 Å². The van der Waals surface area contributed by atoms with Crippen LogP contribution in [0.25, 0.3) is 10.9 Å². The van der Waals surface area contributed by atoms with Crippen molar-refractivity contribution in [3.8, 4) is 5.75 Å². The summed E-state index contributed by atoms with van der Waals surface area (Å²) in [4.78, 5) is 17.5. The van der Waals surface area contributed by atoms with Crippen LogP contribution in [-0.4, -0.2) is 43.3 Å². The fraction of sp³-hybridized carbons (Fsp3) is 0.333. The molecule has 1 aliphatic heterocycles. The van der Waals surface area contributed by atoms with Crippen LogP contribution in [0.2, 0.25) is 0 Å². The molecule has 4 rings (SSSR count). The number of pyridine rings is 1. The number of carbonyl (C=O) groups excluding carboxylic acids is 1. The number of benzene rings is 2. The van der Waals surface area contributed by atoms with Crippen LogP contribution in [0.1, 0.15) is 42.1 Å². The first-order valence-corrected chi connectivity index (χ1v) is 12.1. The minimum Gasteiger partial charge on any atom is -0.495 e. The van der Waals surface area contributed by atoms with Gasteiger partial charge in [0.15, 0.2) is 0 Å². The van der Waals surface area contributed by atoms with E-state index >= 15 is 0 Å². The molecular weight excluding hydrogens is 426 g/mol. The monoisotopic (exact) mass is 453 g/mol. The molecule has 1 atom stereocenters. The largest absolute Gasteiger partial charge is 0.495 e. The Morgan fingerprint density at radius 2 is 2.00 bits per heavy atom. The molecule has 2 heterocycles. The zero-order valence-corrected chi connectivity index (χ0v) is 19.3. The summed E-state index contributed by atoms with van der Waals surface area (Å²) >= 11 is 0. The number of aryl methyl sites for hydroxylation is 1. The van der Waals surface area contributed by atoms with Crippen LogP contribution in [0.4, 0.5) is 5.69 Å². The predicted molar refractivity (Wildman–Crippen MR) is 125 cm³/mol. The lowest BCUT2D eigenvalue weighted by Crippen LogP contribution is -2.42. The van der Waals surface area contributed by atoms with Crippen molar-refractivity contribution in [1.82, 2.24) is 9.29 Å². The van der Waals surface area contributed by atoms with Crippen molar-refractivity contribution in [1.29, 1.82) is 0 Å². The lowest BCUT2D eigenvalue weighted by atomic mass is 10.1. The van der Waals surface area contributed by atoms with Gasteiger partial charge in [-0.25, -0.2) is 8.42 Å². The maximum Gasteiger partial charge on any atom is 0.255 e. The number of sulfonamides is 1. The Morgan fingerprint density at radius 1 is 1.19 bits per heavy atom. The molecule has 0 bridgehead atoms. The van der Waals surface area contributed by atoms with Crippen LogP contribution in [0.15, 0.2) is 53.6 Å². The second kappa shape index (κ2) is 8.88. The van der Waals surface area contributed by atoms with Gasteiger partial charge in [0.05, 0.1) is 18.3 Å². The van der Waals surface area contributed by atoms with Gasteiger partial charge in [0.1, 0.15) is 10.6 Å². The Labute approximate surface area is 188 Å². The number of methoxy groups -OCH3 is 1. The van der Waals surface area contributed by atoms with E-state index in [1.165, 1.54) is 23.5 Å². The normalized spacial score (nSPS) is 17.3. The fourth-order valence-electron chi connectivity index (χ4n) is 4.19. The Balaban J connectivity index is 1.70. The molecule has 3 aromatic rings.